The van der Waals surface area contributed by atoms with Gasteiger partial charge in [-0.15, -0.1) is 0 Å². The Morgan fingerprint density at radius 2 is 1.65 bits per heavy atom. The molecule has 0 heterocycles. The topological polar surface area (TPSA) is 75.6 Å². The number of carboxylic acids is 1. The van der Waals surface area contributed by atoms with Gasteiger partial charge in [0.1, 0.15) is 18.5 Å². The third-order valence-electron chi connectivity index (χ3n) is 5.37. The van der Waals surface area contributed by atoms with Crippen LogP contribution in [0.1, 0.15) is 22.6 Å². The lowest BCUT2D eigenvalue weighted by molar-refractivity contribution is -0.139. The number of benzene rings is 3. The maximum Gasteiger partial charge on any atom is 0.407 e. The van der Waals surface area contributed by atoms with Gasteiger partial charge in [0.25, 0.3) is 0 Å². The molecule has 0 radical (unpaired) electrons. The van der Waals surface area contributed by atoms with Crippen molar-refractivity contribution in [3.05, 3.63) is 94.3 Å². The van der Waals surface area contributed by atoms with Gasteiger partial charge in [-0.2, -0.15) is 0 Å². The summed E-state index contributed by atoms with van der Waals surface area (Å²) >= 11 is 5.86. The zero-order valence-corrected chi connectivity index (χ0v) is 17.1. The van der Waals surface area contributed by atoms with E-state index in [1.807, 2.05) is 48.5 Å². The molecule has 0 spiro atoms. The highest BCUT2D eigenvalue weighted by Crippen LogP contribution is 2.44. The number of carbonyl (C=O) groups is 2. The fourth-order valence-corrected chi connectivity index (χ4v) is 4.10. The van der Waals surface area contributed by atoms with Crippen molar-refractivity contribution < 1.29 is 23.8 Å². The molecule has 0 bridgehead atoms. The zero-order chi connectivity index (χ0) is 22.0. The van der Waals surface area contributed by atoms with Crippen molar-refractivity contribution in [2.75, 3.05) is 6.61 Å². The van der Waals surface area contributed by atoms with E-state index in [1.165, 1.54) is 12.1 Å². The van der Waals surface area contributed by atoms with E-state index in [4.69, 9.17) is 16.3 Å². The Labute approximate surface area is 183 Å². The number of fused-ring (bicyclic) bond motifs is 3. The van der Waals surface area contributed by atoms with Crippen LogP contribution in [0.4, 0.5) is 9.18 Å². The van der Waals surface area contributed by atoms with Gasteiger partial charge in [-0.3, -0.25) is 0 Å². The van der Waals surface area contributed by atoms with E-state index in [2.05, 4.69) is 5.32 Å². The maximum absolute atomic E-state index is 14.0. The first-order valence-corrected chi connectivity index (χ1v) is 10.1. The van der Waals surface area contributed by atoms with Crippen molar-refractivity contribution in [3.8, 4) is 11.1 Å². The predicted molar refractivity (Wildman–Crippen MR) is 115 cm³/mol. The van der Waals surface area contributed by atoms with Gasteiger partial charge >= 0.3 is 12.1 Å². The van der Waals surface area contributed by atoms with Gasteiger partial charge in [-0.1, -0.05) is 60.1 Å². The normalized spacial score (nSPS) is 13.2. The lowest BCUT2D eigenvalue weighted by atomic mass is 9.98. The van der Waals surface area contributed by atoms with E-state index in [0.717, 1.165) is 28.3 Å². The van der Waals surface area contributed by atoms with Crippen LogP contribution in [-0.4, -0.2) is 29.8 Å². The standard InChI is InChI=1S/C24H19ClFNO4/c25-15-9-10-21(26)14(11-15)12-22(23(28)29)27-24(30)31-13-20-18-7-3-1-5-16(18)17-6-2-4-8-19(17)20/h1-11,20,22H,12-13H2,(H,27,30)(H,28,29)/t22-/m0/s1. The van der Waals surface area contributed by atoms with Crippen LogP contribution < -0.4 is 5.32 Å². The van der Waals surface area contributed by atoms with Crippen LogP contribution in [0.25, 0.3) is 11.1 Å². The molecule has 158 valence electrons. The molecule has 0 unspecified atom stereocenters. The van der Waals surface area contributed by atoms with Crippen molar-refractivity contribution >= 4 is 23.7 Å². The first-order valence-electron chi connectivity index (χ1n) is 9.72. The summed E-state index contributed by atoms with van der Waals surface area (Å²) in [5.41, 5.74) is 4.37. The molecule has 1 atom stereocenters. The van der Waals surface area contributed by atoms with Gasteiger partial charge in [0, 0.05) is 17.4 Å². The average molecular weight is 440 g/mol. The monoisotopic (exact) mass is 439 g/mol. The second-order valence-corrected chi connectivity index (χ2v) is 7.74. The van der Waals surface area contributed by atoms with E-state index in [0.29, 0.717) is 0 Å². The minimum Gasteiger partial charge on any atom is -0.480 e. The van der Waals surface area contributed by atoms with Gasteiger partial charge in [0.05, 0.1) is 0 Å². The molecule has 1 amide bonds. The Balaban J connectivity index is 1.45. The summed E-state index contributed by atoms with van der Waals surface area (Å²) in [7, 11) is 0. The molecular formula is C24H19ClFNO4. The number of aliphatic carboxylic acids is 1. The predicted octanol–water partition coefficient (Wildman–Crippen LogP) is 5.01. The van der Waals surface area contributed by atoms with Crippen LogP contribution in [0.3, 0.4) is 0 Å². The number of carbonyl (C=O) groups excluding carboxylic acids is 1. The Bertz CT molecular complexity index is 1100. The Morgan fingerprint density at radius 3 is 2.26 bits per heavy atom. The van der Waals surface area contributed by atoms with Gasteiger partial charge < -0.3 is 15.2 Å². The lowest BCUT2D eigenvalue weighted by Gasteiger charge is -2.18. The fourth-order valence-electron chi connectivity index (χ4n) is 3.90. The molecule has 7 heteroatoms. The lowest BCUT2D eigenvalue weighted by Crippen LogP contribution is -2.43. The quantitative estimate of drug-likeness (QED) is 0.566. The summed E-state index contributed by atoms with van der Waals surface area (Å²) in [6.07, 6.45) is -1.14. The highest BCUT2D eigenvalue weighted by Gasteiger charge is 2.30. The van der Waals surface area contributed by atoms with E-state index in [-0.39, 0.29) is 29.5 Å². The highest BCUT2D eigenvalue weighted by molar-refractivity contribution is 6.30. The fraction of sp³-hybridized carbons (Fsp3) is 0.167. The number of ether oxygens (including phenoxy) is 1. The molecule has 2 N–H and O–H groups in total. The molecule has 3 aromatic carbocycles. The summed E-state index contributed by atoms with van der Waals surface area (Å²) in [4.78, 5) is 24.0. The second kappa shape index (κ2) is 8.78. The molecule has 0 fully saturated rings. The van der Waals surface area contributed by atoms with E-state index in [1.54, 1.807) is 0 Å². The summed E-state index contributed by atoms with van der Waals surface area (Å²) in [6.45, 7) is 0.0533. The summed E-state index contributed by atoms with van der Waals surface area (Å²) in [5.74, 6) is -2.04. The SMILES string of the molecule is O=C(N[C@@H](Cc1cc(Cl)ccc1F)C(=O)O)OCC1c2ccccc2-c2ccccc21. The van der Waals surface area contributed by atoms with Gasteiger partial charge in [0.15, 0.2) is 0 Å². The minimum atomic E-state index is -1.36. The Morgan fingerprint density at radius 1 is 1.03 bits per heavy atom. The molecule has 0 saturated heterocycles. The van der Waals surface area contributed by atoms with Crippen LogP contribution in [0.5, 0.6) is 0 Å². The van der Waals surface area contributed by atoms with Gasteiger partial charge in [-0.25, -0.2) is 14.0 Å². The summed E-state index contributed by atoms with van der Waals surface area (Å²) < 4.78 is 19.3. The number of halogens is 2. The molecule has 31 heavy (non-hydrogen) atoms. The van der Waals surface area contributed by atoms with E-state index >= 15 is 0 Å². The van der Waals surface area contributed by atoms with Crippen molar-refractivity contribution in [2.24, 2.45) is 0 Å². The van der Waals surface area contributed by atoms with E-state index < -0.39 is 23.9 Å². The molecule has 0 aromatic heterocycles. The first-order chi connectivity index (χ1) is 14.9. The van der Waals surface area contributed by atoms with Crippen molar-refractivity contribution in [2.45, 2.75) is 18.4 Å². The first kappa shape index (κ1) is 20.9. The average Bonchev–Trinajstić information content (AvgIpc) is 3.08. The highest BCUT2D eigenvalue weighted by atomic mass is 35.5. The third-order valence-corrected chi connectivity index (χ3v) is 5.60. The van der Waals surface area contributed by atoms with E-state index in [9.17, 15) is 19.1 Å². The molecule has 1 aliphatic rings. The van der Waals surface area contributed by atoms with Crippen LogP contribution >= 0.6 is 11.6 Å². The number of hydrogen-bond donors (Lipinski definition) is 2. The molecule has 1 aliphatic carbocycles. The number of hydrogen-bond acceptors (Lipinski definition) is 3. The largest absolute Gasteiger partial charge is 0.480 e. The molecule has 0 aliphatic heterocycles. The summed E-state index contributed by atoms with van der Waals surface area (Å²) in [6, 6.07) is 18.3. The van der Waals surface area contributed by atoms with Crippen LogP contribution in [-0.2, 0) is 16.0 Å². The number of alkyl carbamates (subject to hydrolysis) is 1. The Hall–Kier alpha value is -3.38. The number of carboxylic acid groups (broad SMARTS) is 1. The molecule has 5 nitrogen and oxygen atoms in total. The number of amides is 1. The molecule has 4 rings (SSSR count). The van der Waals surface area contributed by atoms with Crippen LogP contribution in [0, 0.1) is 5.82 Å². The van der Waals surface area contributed by atoms with Crippen molar-refractivity contribution in [3.63, 3.8) is 0 Å². The smallest absolute Gasteiger partial charge is 0.407 e. The van der Waals surface area contributed by atoms with Gasteiger partial charge in [-0.05, 0) is 46.0 Å². The summed E-state index contributed by atoms with van der Waals surface area (Å²) in [5, 5.41) is 12.1. The maximum atomic E-state index is 14.0. The minimum absolute atomic E-state index is 0.0533. The number of rotatable bonds is 6. The van der Waals surface area contributed by atoms with Crippen molar-refractivity contribution in [1.82, 2.24) is 5.32 Å². The molecule has 0 saturated carbocycles. The third kappa shape index (κ3) is 4.39. The second-order valence-electron chi connectivity index (χ2n) is 7.30. The number of nitrogens with one attached hydrogen (secondary N) is 1. The van der Waals surface area contributed by atoms with Crippen LogP contribution in [0.15, 0.2) is 66.7 Å². The molecule has 3 aromatic rings. The molecular weight excluding hydrogens is 421 g/mol. The van der Waals surface area contributed by atoms with Crippen molar-refractivity contribution in [1.29, 1.82) is 0 Å². The Kier molecular flexibility index (Phi) is 5.91. The van der Waals surface area contributed by atoms with Crippen LogP contribution in [0.2, 0.25) is 5.02 Å². The zero-order valence-electron chi connectivity index (χ0n) is 16.3. The van der Waals surface area contributed by atoms with Gasteiger partial charge in [0.2, 0.25) is 0 Å².